The van der Waals surface area contributed by atoms with Gasteiger partial charge in [0.25, 0.3) is 5.91 Å². The average Bonchev–Trinajstić information content (AvgIpc) is 2.27. The zero-order chi connectivity index (χ0) is 13.1. The van der Waals surface area contributed by atoms with Crippen molar-refractivity contribution in [1.82, 2.24) is 10.3 Å². The highest BCUT2D eigenvalue weighted by Crippen LogP contribution is 2.28. The van der Waals surface area contributed by atoms with Crippen LogP contribution in [-0.2, 0) is 6.18 Å². The summed E-state index contributed by atoms with van der Waals surface area (Å²) >= 11 is 0. The SMILES string of the molecule is C[C@H](CN)NC(=O)c1ccc(C(F)(F)F)cn1.Cl.Cl. The van der Waals surface area contributed by atoms with Crippen LogP contribution in [0.4, 0.5) is 13.2 Å². The number of hydrogen-bond donors (Lipinski definition) is 2. The van der Waals surface area contributed by atoms with E-state index < -0.39 is 17.6 Å². The van der Waals surface area contributed by atoms with Gasteiger partial charge < -0.3 is 11.1 Å². The second-order valence-electron chi connectivity index (χ2n) is 3.54. The molecule has 0 saturated carbocycles. The lowest BCUT2D eigenvalue weighted by Gasteiger charge is -2.11. The summed E-state index contributed by atoms with van der Waals surface area (Å²) in [6, 6.07) is 1.59. The van der Waals surface area contributed by atoms with Crippen LogP contribution in [0.2, 0.25) is 0 Å². The molecule has 1 amide bonds. The molecule has 1 aromatic heterocycles. The molecule has 1 atom stereocenters. The zero-order valence-corrected chi connectivity index (χ0v) is 11.5. The Morgan fingerprint density at radius 3 is 2.37 bits per heavy atom. The normalized spacial score (nSPS) is 11.8. The maximum absolute atomic E-state index is 12.2. The van der Waals surface area contributed by atoms with Gasteiger partial charge in [-0.05, 0) is 19.1 Å². The van der Waals surface area contributed by atoms with Gasteiger partial charge in [-0.15, -0.1) is 24.8 Å². The third kappa shape index (κ3) is 6.09. The van der Waals surface area contributed by atoms with E-state index in [9.17, 15) is 18.0 Å². The third-order valence-electron chi connectivity index (χ3n) is 2.05. The molecule has 19 heavy (non-hydrogen) atoms. The van der Waals surface area contributed by atoms with E-state index in [0.717, 1.165) is 12.1 Å². The van der Waals surface area contributed by atoms with E-state index in [4.69, 9.17) is 5.73 Å². The van der Waals surface area contributed by atoms with Crippen molar-refractivity contribution < 1.29 is 18.0 Å². The highest BCUT2D eigenvalue weighted by Gasteiger charge is 2.30. The van der Waals surface area contributed by atoms with E-state index >= 15 is 0 Å². The number of nitrogens with two attached hydrogens (primary N) is 1. The molecule has 0 spiro atoms. The van der Waals surface area contributed by atoms with Gasteiger partial charge in [-0.1, -0.05) is 0 Å². The lowest BCUT2D eigenvalue weighted by molar-refractivity contribution is -0.137. The Kier molecular flexibility index (Phi) is 8.73. The second kappa shape index (κ2) is 8.19. The number of amides is 1. The summed E-state index contributed by atoms with van der Waals surface area (Å²) in [5.74, 6) is -0.545. The Balaban J connectivity index is 0. The van der Waals surface area contributed by atoms with E-state index in [0.29, 0.717) is 6.20 Å². The Bertz CT molecular complexity index is 398. The first kappa shape index (κ1) is 20.3. The van der Waals surface area contributed by atoms with Gasteiger partial charge in [0.1, 0.15) is 5.69 Å². The molecule has 0 radical (unpaired) electrons. The maximum atomic E-state index is 12.2. The first-order valence-corrected chi connectivity index (χ1v) is 4.88. The van der Waals surface area contributed by atoms with Gasteiger partial charge >= 0.3 is 6.18 Å². The second-order valence-corrected chi connectivity index (χ2v) is 3.54. The summed E-state index contributed by atoms with van der Waals surface area (Å²) in [4.78, 5) is 14.9. The smallest absolute Gasteiger partial charge is 0.347 e. The quantitative estimate of drug-likeness (QED) is 0.895. The summed E-state index contributed by atoms with van der Waals surface area (Å²) in [6.45, 7) is 1.92. The topological polar surface area (TPSA) is 68.0 Å². The number of rotatable bonds is 3. The van der Waals surface area contributed by atoms with Crippen LogP contribution in [0.15, 0.2) is 18.3 Å². The molecular formula is C10H14Cl2F3N3O. The van der Waals surface area contributed by atoms with Gasteiger partial charge in [0.2, 0.25) is 0 Å². The Morgan fingerprint density at radius 2 is 2.00 bits per heavy atom. The molecule has 0 aliphatic rings. The van der Waals surface area contributed by atoms with Crippen molar-refractivity contribution in [1.29, 1.82) is 0 Å². The zero-order valence-electron chi connectivity index (χ0n) is 9.90. The van der Waals surface area contributed by atoms with Crippen LogP contribution >= 0.6 is 24.8 Å². The molecule has 0 saturated heterocycles. The fraction of sp³-hybridized carbons (Fsp3) is 0.400. The van der Waals surface area contributed by atoms with E-state index in [1.165, 1.54) is 0 Å². The minimum Gasteiger partial charge on any atom is -0.347 e. The molecule has 1 heterocycles. The number of carbonyl (C=O) groups is 1. The molecule has 0 bridgehead atoms. The fourth-order valence-corrected chi connectivity index (χ4v) is 1.05. The van der Waals surface area contributed by atoms with Crippen molar-refractivity contribution in [3.05, 3.63) is 29.6 Å². The molecule has 3 N–H and O–H groups in total. The van der Waals surface area contributed by atoms with Gasteiger partial charge in [0, 0.05) is 18.8 Å². The van der Waals surface area contributed by atoms with Crippen molar-refractivity contribution in [2.75, 3.05) is 6.54 Å². The predicted molar refractivity (Wildman–Crippen MR) is 69.7 cm³/mol. The van der Waals surface area contributed by atoms with Crippen molar-refractivity contribution in [3.63, 3.8) is 0 Å². The molecule has 1 aromatic rings. The monoisotopic (exact) mass is 319 g/mol. The molecule has 0 unspecified atom stereocenters. The van der Waals surface area contributed by atoms with Crippen LogP contribution in [0.25, 0.3) is 0 Å². The maximum Gasteiger partial charge on any atom is 0.417 e. The van der Waals surface area contributed by atoms with Gasteiger partial charge in [-0.25, -0.2) is 0 Å². The number of nitrogens with zero attached hydrogens (tertiary/aromatic N) is 1. The van der Waals surface area contributed by atoms with Crippen LogP contribution in [0, 0.1) is 0 Å². The van der Waals surface area contributed by atoms with Crippen molar-refractivity contribution >= 4 is 30.7 Å². The van der Waals surface area contributed by atoms with Crippen molar-refractivity contribution in [2.45, 2.75) is 19.1 Å². The Morgan fingerprint density at radius 1 is 1.42 bits per heavy atom. The van der Waals surface area contributed by atoms with Crippen molar-refractivity contribution in [2.24, 2.45) is 5.73 Å². The first-order chi connectivity index (χ1) is 7.84. The standard InChI is InChI=1S/C10H12F3N3O.2ClH/c1-6(4-14)16-9(17)8-3-2-7(5-15-8)10(11,12)13;;/h2-3,5-6H,4,14H2,1H3,(H,16,17);2*1H/t6-;;/m1../s1. The summed E-state index contributed by atoms with van der Waals surface area (Å²) < 4.78 is 36.7. The Hall–Kier alpha value is -1.05. The molecule has 110 valence electrons. The number of pyridine rings is 1. The summed E-state index contributed by atoms with van der Waals surface area (Å²) in [7, 11) is 0. The van der Waals surface area contributed by atoms with E-state index in [-0.39, 0.29) is 43.1 Å². The minimum atomic E-state index is -4.45. The third-order valence-corrected chi connectivity index (χ3v) is 2.05. The predicted octanol–water partition coefficient (Wildman–Crippen LogP) is 2.02. The number of nitrogens with one attached hydrogen (secondary N) is 1. The number of halogens is 5. The molecule has 0 aromatic carbocycles. The van der Waals surface area contributed by atoms with E-state index in [1.807, 2.05) is 0 Å². The number of aromatic nitrogens is 1. The van der Waals surface area contributed by atoms with Gasteiger partial charge in [-0.2, -0.15) is 13.2 Å². The van der Waals surface area contributed by atoms with E-state index in [2.05, 4.69) is 10.3 Å². The molecule has 0 fully saturated rings. The van der Waals surface area contributed by atoms with Crippen LogP contribution in [0.3, 0.4) is 0 Å². The van der Waals surface area contributed by atoms with Crippen LogP contribution in [-0.4, -0.2) is 23.5 Å². The first-order valence-electron chi connectivity index (χ1n) is 4.88. The summed E-state index contributed by atoms with van der Waals surface area (Å²) in [6.07, 6.45) is -3.82. The molecule has 0 aliphatic heterocycles. The lowest BCUT2D eigenvalue weighted by atomic mass is 10.2. The van der Waals surface area contributed by atoms with E-state index in [1.54, 1.807) is 6.92 Å². The van der Waals surface area contributed by atoms with Crippen LogP contribution in [0.1, 0.15) is 23.0 Å². The highest BCUT2D eigenvalue weighted by molar-refractivity contribution is 5.92. The minimum absolute atomic E-state index is 0. The summed E-state index contributed by atoms with van der Waals surface area (Å²) in [5, 5.41) is 2.50. The van der Waals surface area contributed by atoms with Gasteiger partial charge in [-0.3, -0.25) is 9.78 Å². The molecule has 9 heteroatoms. The fourth-order valence-electron chi connectivity index (χ4n) is 1.05. The molecule has 4 nitrogen and oxygen atoms in total. The average molecular weight is 320 g/mol. The number of hydrogen-bond acceptors (Lipinski definition) is 3. The molecule has 0 aliphatic carbocycles. The molecule has 1 rings (SSSR count). The largest absolute Gasteiger partial charge is 0.417 e. The van der Waals surface area contributed by atoms with Gasteiger partial charge in [0.05, 0.1) is 5.56 Å². The Labute approximate surface area is 120 Å². The van der Waals surface area contributed by atoms with Crippen molar-refractivity contribution in [3.8, 4) is 0 Å². The summed E-state index contributed by atoms with van der Waals surface area (Å²) in [5.41, 5.74) is 4.34. The van der Waals surface area contributed by atoms with Gasteiger partial charge in [0.15, 0.2) is 0 Å². The lowest BCUT2D eigenvalue weighted by Crippen LogP contribution is -2.38. The molecular weight excluding hydrogens is 306 g/mol. The number of alkyl halides is 3. The van der Waals surface area contributed by atoms with Crippen LogP contribution in [0.5, 0.6) is 0 Å². The highest BCUT2D eigenvalue weighted by atomic mass is 35.5. The van der Waals surface area contributed by atoms with Crippen LogP contribution < -0.4 is 11.1 Å². The number of carbonyl (C=O) groups excluding carboxylic acids is 1.